The summed E-state index contributed by atoms with van der Waals surface area (Å²) < 4.78 is 36.9. The number of carbonyl (C=O) groups excluding carboxylic acids is 2. The molecule has 1 aromatic carbocycles. The van der Waals surface area contributed by atoms with Gasteiger partial charge in [-0.3, -0.25) is 0 Å². The molecule has 0 aliphatic heterocycles. The Kier molecular flexibility index (Phi) is 5.67. The summed E-state index contributed by atoms with van der Waals surface area (Å²) in [5.74, 6) is -4.16. The van der Waals surface area contributed by atoms with Gasteiger partial charge in [-0.05, 0) is 19.1 Å². The number of nitrogens with zero attached hydrogens (tertiary/aromatic N) is 1. The number of halogens is 2. The average Bonchev–Trinajstić information content (AvgIpc) is 2.88. The Hall–Kier alpha value is -2.99. The molecule has 25 heavy (non-hydrogen) atoms. The predicted octanol–water partition coefficient (Wildman–Crippen LogP) is 3.01. The molecule has 0 saturated carbocycles. The van der Waals surface area contributed by atoms with Gasteiger partial charge in [-0.15, -0.1) is 11.3 Å². The molecule has 0 aliphatic rings. The fourth-order valence-corrected chi connectivity index (χ4v) is 2.93. The average molecular weight is 366 g/mol. The highest BCUT2D eigenvalue weighted by Crippen LogP contribution is 2.32. The Morgan fingerprint density at radius 2 is 1.88 bits per heavy atom. The van der Waals surface area contributed by atoms with Gasteiger partial charge < -0.3 is 15.2 Å². The second-order valence-electron chi connectivity index (χ2n) is 4.65. The maximum Gasteiger partial charge on any atom is 0.348 e. The Labute approximate surface area is 145 Å². The molecule has 1 aromatic heterocycles. The highest BCUT2D eigenvalue weighted by molar-refractivity contribution is 7.18. The largest absolute Gasteiger partial charge is 0.462 e. The van der Waals surface area contributed by atoms with E-state index in [0.717, 1.165) is 29.5 Å². The second-order valence-corrected chi connectivity index (χ2v) is 5.71. The predicted molar refractivity (Wildman–Crippen MR) is 84.9 cm³/mol. The van der Waals surface area contributed by atoms with Crippen molar-refractivity contribution in [3.63, 3.8) is 0 Å². The van der Waals surface area contributed by atoms with Crippen LogP contribution in [0.1, 0.15) is 38.1 Å². The van der Waals surface area contributed by atoms with Crippen molar-refractivity contribution >= 4 is 28.3 Å². The zero-order chi connectivity index (χ0) is 18.6. The van der Waals surface area contributed by atoms with E-state index in [4.69, 9.17) is 20.5 Å². The Bertz CT molecular complexity index is 854. The fourth-order valence-electron chi connectivity index (χ4n) is 2.01. The lowest BCUT2D eigenvalue weighted by Gasteiger charge is -2.08. The molecule has 2 rings (SSSR count). The first-order chi connectivity index (χ1) is 11.9. The summed E-state index contributed by atoms with van der Waals surface area (Å²) in [6, 6.07) is 4.73. The fraction of sp³-hybridized carbons (Fsp3) is 0.188. The summed E-state index contributed by atoms with van der Waals surface area (Å²) in [5, 5.41) is 9.21. The van der Waals surface area contributed by atoms with E-state index in [1.165, 1.54) is 0 Å². The normalized spacial score (nSPS) is 10.2. The first kappa shape index (κ1) is 18.4. The van der Waals surface area contributed by atoms with Crippen LogP contribution in [-0.2, 0) is 16.1 Å². The third kappa shape index (κ3) is 3.75. The number of nitrogens with two attached hydrogens (primary N) is 1. The van der Waals surface area contributed by atoms with Crippen LogP contribution in [0.3, 0.4) is 0 Å². The van der Waals surface area contributed by atoms with Crippen LogP contribution in [0.15, 0.2) is 18.2 Å². The molecule has 0 spiro atoms. The lowest BCUT2D eigenvalue weighted by atomic mass is 10.1. The van der Waals surface area contributed by atoms with Gasteiger partial charge in [0.2, 0.25) is 0 Å². The summed E-state index contributed by atoms with van der Waals surface area (Å²) in [5.41, 5.74) is 4.81. The lowest BCUT2D eigenvalue weighted by Crippen LogP contribution is -2.12. The van der Waals surface area contributed by atoms with Crippen LogP contribution in [0, 0.1) is 23.0 Å². The van der Waals surface area contributed by atoms with Crippen LogP contribution in [0.2, 0.25) is 0 Å². The number of anilines is 1. The van der Waals surface area contributed by atoms with E-state index in [-0.39, 0.29) is 27.6 Å². The molecule has 0 atom stereocenters. The maximum atomic E-state index is 13.6. The van der Waals surface area contributed by atoms with Gasteiger partial charge in [-0.2, -0.15) is 5.26 Å². The first-order valence-electron chi connectivity index (χ1n) is 7.00. The van der Waals surface area contributed by atoms with Gasteiger partial charge in [-0.1, -0.05) is 6.07 Å². The molecular weight excluding hydrogens is 354 g/mol. The molecule has 2 N–H and O–H groups in total. The summed E-state index contributed by atoms with van der Waals surface area (Å²) in [4.78, 5) is 23.9. The van der Waals surface area contributed by atoms with Crippen molar-refractivity contribution in [1.29, 1.82) is 5.26 Å². The molecule has 2 aromatic rings. The molecular formula is C16H12F2N2O4S. The summed E-state index contributed by atoms with van der Waals surface area (Å²) >= 11 is 0.809. The minimum atomic E-state index is -1.26. The Balaban J connectivity index is 2.30. The number of nitrogen functional groups attached to an aromatic ring is 1. The molecule has 0 saturated heterocycles. The molecule has 0 bridgehead atoms. The van der Waals surface area contributed by atoms with Crippen LogP contribution >= 0.6 is 11.3 Å². The van der Waals surface area contributed by atoms with Crippen molar-refractivity contribution in [2.75, 3.05) is 12.3 Å². The second kappa shape index (κ2) is 7.72. The SMILES string of the molecule is CCOC(=O)c1sc(N)c(C#N)c1COC(=O)c1c(F)cccc1F. The number of rotatable bonds is 5. The van der Waals surface area contributed by atoms with E-state index in [0.29, 0.717) is 0 Å². The molecule has 0 fully saturated rings. The van der Waals surface area contributed by atoms with E-state index < -0.39 is 35.7 Å². The molecule has 6 nitrogen and oxygen atoms in total. The molecule has 0 aliphatic carbocycles. The van der Waals surface area contributed by atoms with Crippen LogP contribution in [0.4, 0.5) is 13.8 Å². The van der Waals surface area contributed by atoms with Gasteiger partial charge in [0.05, 0.1) is 12.2 Å². The van der Waals surface area contributed by atoms with Crippen molar-refractivity contribution in [2.45, 2.75) is 13.5 Å². The maximum absolute atomic E-state index is 13.6. The summed E-state index contributed by atoms with van der Waals surface area (Å²) in [6.07, 6.45) is 0. The number of ether oxygens (including phenoxy) is 2. The van der Waals surface area contributed by atoms with E-state index in [2.05, 4.69) is 0 Å². The summed E-state index contributed by atoms with van der Waals surface area (Å²) in [6.45, 7) is 1.14. The van der Waals surface area contributed by atoms with Gasteiger partial charge in [-0.25, -0.2) is 18.4 Å². The first-order valence-corrected chi connectivity index (χ1v) is 7.81. The third-order valence-electron chi connectivity index (χ3n) is 3.12. The number of hydrogen-bond acceptors (Lipinski definition) is 7. The highest BCUT2D eigenvalue weighted by Gasteiger charge is 2.25. The topological polar surface area (TPSA) is 102 Å². The van der Waals surface area contributed by atoms with Crippen molar-refractivity contribution < 1.29 is 27.8 Å². The van der Waals surface area contributed by atoms with Gasteiger partial charge in [0.1, 0.15) is 39.8 Å². The van der Waals surface area contributed by atoms with Crippen LogP contribution in [0.5, 0.6) is 0 Å². The monoisotopic (exact) mass is 366 g/mol. The Morgan fingerprint density at radius 1 is 1.24 bits per heavy atom. The zero-order valence-corrected chi connectivity index (χ0v) is 13.8. The number of thiophene rings is 1. The molecule has 0 unspecified atom stereocenters. The van der Waals surface area contributed by atoms with E-state index >= 15 is 0 Å². The van der Waals surface area contributed by atoms with E-state index in [9.17, 15) is 18.4 Å². The van der Waals surface area contributed by atoms with Gasteiger partial charge in [0, 0.05) is 5.56 Å². The van der Waals surface area contributed by atoms with Crippen LogP contribution in [0.25, 0.3) is 0 Å². The van der Waals surface area contributed by atoms with Crippen LogP contribution in [-0.4, -0.2) is 18.5 Å². The smallest absolute Gasteiger partial charge is 0.348 e. The highest BCUT2D eigenvalue weighted by atomic mass is 32.1. The molecule has 1 heterocycles. The van der Waals surface area contributed by atoms with Crippen molar-refractivity contribution in [1.82, 2.24) is 0 Å². The number of carbonyl (C=O) groups is 2. The van der Waals surface area contributed by atoms with E-state index in [1.807, 2.05) is 0 Å². The number of esters is 2. The number of benzene rings is 1. The van der Waals surface area contributed by atoms with Crippen LogP contribution < -0.4 is 5.73 Å². The minimum absolute atomic E-state index is 0.00212. The quantitative estimate of drug-likeness (QED) is 0.816. The number of hydrogen-bond donors (Lipinski definition) is 1. The molecule has 130 valence electrons. The van der Waals surface area contributed by atoms with Crippen molar-refractivity contribution in [3.8, 4) is 6.07 Å². The van der Waals surface area contributed by atoms with Gasteiger partial charge in [0.15, 0.2) is 0 Å². The summed E-state index contributed by atoms with van der Waals surface area (Å²) in [7, 11) is 0. The van der Waals surface area contributed by atoms with Gasteiger partial charge in [0.25, 0.3) is 0 Å². The Morgan fingerprint density at radius 3 is 2.44 bits per heavy atom. The van der Waals surface area contributed by atoms with Crippen molar-refractivity contribution in [2.24, 2.45) is 0 Å². The zero-order valence-electron chi connectivity index (χ0n) is 13.0. The molecule has 0 amide bonds. The van der Waals surface area contributed by atoms with Crippen molar-refractivity contribution in [3.05, 3.63) is 51.4 Å². The number of nitriles is 1. The molecule has 9 heteroatoms. The third-order valence-corrected chi connectivity index (χ3v) is 4.16. The molecule has 0 radical (unpaired) electrons. The van der Waals surface area contributed by atoms with Gasteiger partial charge >= 0.3 is 11.9 Å². The minimum Gasteiger partial charge on any atom is -0.462 e. The standard InChI is InChI=1S/C16H12F2N2O4S/c1-2-23-16(22)13-9(8(6-19)14(20)25-13)7-24-15(21)12-10(17)4-3-5-11(12)18/h3-5H,2,7,20H2,1H3. The van der Waals surface area contributed by atoms with E-state index in [1.54, 1.807) is 13.0 Å². The lowest BCUT2D eigenvalue weighted by molar-refractivity contribution is 0.0443.